The van der Waals surface area contributed by atoms with Crippen LogP contribution in [0.15, 0.2) is 58.3 Å². The molecule has 25 heavy (non-hydrogen) atoms. The standard InChI is InChI=1S/C19H14ClN3O2/c1-10-21-17-15(18(24)22-10)13-8-7-12(20)9-14(13)16(23-19(17)25)11-5-3-2-4-6-11/h2-9,19,25H,1H3,(H,21,22,24). The van der Waals surface area contributed by atoms with E-state index in [1.165, 1.54) is 0 Å². The number of aliphatic imine (C=N–C) groups is 1. The summed E-state index contributed by atoms with van der Waals surface area (Å²) < 4.78 is 0. The first kappa shape index (κ1) is 15.7. The predicted octanol–water partition coefficient (Wildman–Crippen LogP) is 3.24. The number of aromatic amines is 1. The molecule has 6 heteroatoms. The van der Waals surface area contributed by atoms with Crippen molar-refractivity contribution in [2.24, 2.45) is 4.99 Å². The molecule has 1 aliphatic heterocycles. The molecule has 0 aliphatic carbocycles. The number of aliphatic hydroxyl groups excluding tert-OH is 1. The Balaban J connectivity index is 2.10. The summed E-state index contributed by atoms with van der Waals surface area (Å²) in [5.74, 6) is 0.427. The molecule has 1 aromatic heterocycles. The Morgan fingerprint density at radius 1 is 1.12 bits per heavy atom. The van der Waals surface area contributed by atoms with E-state index in [4.69, 9.17) is 11.6 Å². The third-order valence-corrected chi connectivity index (χ3v) is 4.35. The molecule has 1 atom stereocenters. The van der Waals surface area contributed by atoms with Crippen molar-refractivity contribution < 1.29 is 5.11 Å². The van der Waals surface area contributed by atoms with Gasteiger partial charge in [-0.3, -0.25) is 4.79 Å². The van der Waals surface area contributed by atoms with Gasteiger partial charge in [-0.1, -0.05) is 48.0 Å². The lowest BCUT2D eigenvalue weighted by molar-refractivity contribution is 0.184. The number of nitrogens with one attached hydrogen (secondary N) is 1. The van der Waals surface area contributed by atoms with Crippen LogP contribution in [0.5, 0.6) is 0 Å². The van der Waals surface area contributed by atoms with E-state index in [2.05, 4.69) is 15.0 Å². The van der Waals surface area contributed by atoms with Crippen LogP contribution in [0.3, 0.4) is 0 Å². The molecule has 4 rings (SSSR count). The Bertz CT molecular complexity index is 1060. The summed E-state index contributed by atoms with van der Waals surface area (Å²) in [7, 11) is 0. The van der Waals surface area contributed by atoms with Gasteiger partial charge < -0.3 is 10.1 Å². The zero-order valence-corrected chi connectivity index (χ0v) is 14.1. The zero-order chi connectivity index (χ0) is 17.6. The number of nitrogens with zero attached hydrogens (tertiary/aromatic N) is 2. The van der Waals surface area contributed by atoms with E-state index in [1.54, 1.807) is 25.1 Å². The third kappa shape index (κ3) is 2.67. The average molecular weight is 352 g/mol. The van der Waals surface area contributed by atoms with Crippen molar-refractivity contribution in [2.45, 2.75) is 13.2 Å². The summed E-state index contributed by atoms with van der Waals surface area (Å²) in [5.41, 5.74) is 2.98. The summed E-state index contributed by atoms with van der Waals surface area (Å²) in [5, 5.41) is 11.2. The maximum Gasteiger partial charge on any atom is 0.259 e. The molecular formula is C19H14ClN3O2. The quantitative estimate of drug-likeness (QED) is 0.706. The molecule has 124 valence electrons. The predicted molar refractivity (Wildman–Crippen MR) is 97.1 cm³/mol. The van der Waals surface area contributed by atoms with Crippen LogP contribution in [0, 0.1) is 6.92 Å². The van der Waals surface area contributed by atoms with Gasteiger partial charge >= 0.3 is 0 Å². The lowest BCUT2D eigenvalue weighted by Crippen LogP contribution is -2.17. The molecule has 2 aromatic carbocycles. The Morgan fingerprint density at radius 2 is 1.88 bits per heavy atom. The van der Waals surface area contributed by atoms with Crippen LogP contribution in [-0.4, -0.2) is 20.8 Å². The van der Waals surface area contributed by atoms with Crippen molar-refractivity contribution >= 4 is 17.3 Å². The minimum Gasteiger partial charge on any atom is -0.367 e. The Morgan fingerprint density at radius 3 is 2.64 bits per heavy atom. The van der Waals surface area contributed by atoms with E-state index in [9.17, 15) is 9.90 Å². The van der Waals surface area contributed by atoms with Crippen LogP contribution < -0.4 is 5.56 Å². The van der Waals surface area contributed by atoms with Gasteiger partial charge in [-0.15, -0.1) is 0 Å². The van der Waals surface area contributed by atoms with Crippen LogP contribution in [0.1, 0.15) is 28.9 Å². The highest BCUT2D eigenvalue weighted by Gasteiger charge is 2.27. The molecule has 0 radical (unpaired) electrons. The first-order chi connectivity index (χ1) is 12.0. The SMILES string of the molecule is Cc1nc2c(c(=O)[nH]1)-c1ccc(Cl)cc1C(c1ccccc1)=NC2O. The van der Waals surface area contributed by atoms with E-state index in [1.807, 2.05) is 30.3 Å². The zero-order valence-electron chi connectivity index (χ0n) is 13.3. The lowest BCUT2D eigenvalue weighted by atomic mass is 9.94. The van der Waals surface area contributed by atoms with Crippen molar-refractivity contribution in [2.75, 3.05) is 0 Å². The third-order valence-electron chi connectivity index (χ3n) is 4.12. The van der Waals surface area contributed by atoms with E-state index in [-0.39, 0.29) is 11.3 Å². The molecular weight excluding hydrogens is 338 g/mol. The number of rotatable bonds is 1. The molecule has 0 saturated heterocycles. The van der Waals surface area contributed by atoms with Crippen LogP contribution in [0.4, 0.5) is 0 Å². The van der Waals surface area contributed by atoms with Crippen molar-refractivity contribution in [3.8, 4) is 11.1 Å². The number of hydrogen-bond donors (Lipinski definition) is 2. The van der Waals surface area contributed by atoms with Gasteiger partial charge in [0.25, 0.3) is 5.56 Å². The molecule has 0 bridgehead atoms. The summed E-state index contributed by atoms with van der Waals surface area (Å²) in [6.07, 6.45) is -1.24. The lowest BCUT2D eigenvalue weighted by Gasteiger charge is -2.11. The largest absolute Gasteiger partial charge is 0.367 e. The summed E-state index contributed by atoms with van der Waals surface area (Å²) >= 11 is 6.19. The first-order valence-electron chi connectivity index (χ1n) is 7.77. The number of aromatic nitrogens is 2. The van der Waals surface area contributed by atoms with Crippen molar-refractivity contribution in [3.63, 3.8) is 0 Å². The molecule has 1 unspecified atom stereocenters. The van der Waals surface area contributed by atoms with E-state index < -0.39 is 6.23 Å². The van der Waals surface area contributed by atoms with Crippen molar-refractivity contribution in [3.05, 3.63) is 86.6 Å². The van der Waals surface area contributed by atoms with Gasteiger partial charge in [0.1, 0.15) is 11.5 Å². The molecule has 3 aromatic rings. The Kier molecular flexibility index (Phi) is 3.75. The number of H-pyrrole nitrogens is 1. The molecule has 2 N–H and O–H groups in total. The molecule has 5 nitrogen and oxygen atoms in total. The summed E-state index contributed by atoms with van der Waals surface area (Å²) in [6, 6.07) is 14.7. The van der Waals surface area contributed by atoms with Gasteiger partial charge in [0.05, 0.1) is 11.3 Å². The minimum atomic E-state index is -1.24. The Labute approximate surface area is 148 Å². The topological polar surface area (TPSA) is 78.3 Å². The van der Waals surface area contributed by atoms with Crippen LogP contribution >= 0.6 is 11.6 Å². The number of aliphatic hydroxyl groups is 1. The summed E-state index contributed by atoms with van der Waals surface area (Å²) in [4.78, 5) is 24.0. The van der Waals surface area contributed by atoms with Gasteiger partial charge in [0.2, 0.25) is 0 Å². The number of hydrogen-bond acceptors (Lipinski definition) is 4. The van der Waals surface area contributed by atoms with Crippen molar-refractivity contribution in [1.29, 1.82) is 0 Å². The highest BCUT2D eigenvalue weighted by molar-refractivity contribution is 6.31. The first-order valence-corrected chi connectivity index (χ1v) is 8.15. The van der Waals surface area contributed by atoms with Crippen molar-refractivity contribution in [1.82, 2.24) is 9.97 Å². The number of benzene rings is 2. The molecule has 0 spiro atoms. The van der Waals surface area contributed by atoms with Gasteiger partial charge in [-0.25, -0.2) is 9.98 Å². The van der Waals surface area contributed by atoms with Crippen LogP contribution in [0.2, 0.25) is 5.02 Å². The van der Waals surface area contributed by atoms with Crippen LogP contribution in [0.25, 0.3) is 11.1 Å². The maximum atomic E-state index is 12.6. The fraction of sp³-hybridized carbons (Fsp3) is 0.105. The fourth-order valence-corrected chi connectivity index (χ4v) is 3.24. The number of halogens is 1. The average Bonchev–Trinajstić information content (AvgIpc) is 2.71. The monoisotopic (exact) mass is 351 g/mol. The molecule has 0 saturated carbocycles. The Hall–Kier alpha value is -2.76. The van der Waals surface area contributed by atoms with Gasteiger partial charge in [-0.2, -0.15) is 0 Å². The highest BCUT2D eigenvalue weighted by Crippen LogP contribution is 2.34. The van der Waals surface area contributed by atoms with Gasteiger partial charge in [0.15, 0.2) is 6.23 Å². The summed E-state index contributed by atoms with van der Waals surface area (Å²) in [6.45, 7) is 1.67. The highest BCUT2D eigenvalue weighted by atomic mass is 35.5. The van der Waals surface area contributed by atoms with Crippen LogP contribution in [-0.2, 0) is 0 Å². The van der Waals surface area contributed by atoms with Gasteiger partial charge in [0, 0.05) is 16.1 Å². The molecule has 1 aliphatic rings. The minimum absolute atomic E-state index is 0.246. The van der Waals surface area contributed by atoms with E-state index >= 15 is 0 Å². The maximum absolute atomic E-state index is 12.6. The number of aryl methyl sites for hydroxylation is 1. The molecule has 0 fully saturated rings. The second kappa shape index (κ2) is 5.95. The smallest absolute Gasteiger partial charge is 0.259 e. The second-order valence-corrected chi connectivity index (χ2v) is 6.26. The van der Waals surface area contributed by atoms with E-state index in [0.29, 0.717) is 33.2 Å². The number of fused-ring (bicyclic) bond motifs is 3. The molecule has 0 amide bonds. The van der Waals surface area contributed by atoms with E-state index in [0.717, 1.165) is 5.56 Å². The van der Waals surface area contributed by atoms with Gasteiger partial charge in [-0.05, 0) is 24.6 Å². The normalized spacial score (nSPS) is 15.8. The molecule has 2 heterocycles. The second-order valence-electron chi connectivity index (χ2n) is 5.82. The fourth-order valence-electron chi connectivity index (χ4n) is 3.06.